The first kappa shape index (κ1) is 26.4. The van der Waals surface area contributed by atoms with Gasteiger partial charge >= 0.3 is 0 Å². The number of nitrogens with zero attached hydrogens (tertiary/aromatic N) is 3. The minimum Gasteiger partial charge on any atom is -0.368 e. The van der Waals surface area contributed by atoms with Crippen LogP contribution in [0.3, 0.4) is 0 Å². The molecular weight excluding hydrogens is 462 g/mol. The molecule has 0 spiro atoms. The van der Waals surface area contributed by atoms with Crippen LogP contribution in [0.25, 0.3) is 11.1 Å². The Morgan fingerprint density at radius 3 is 2.08 bits per heavy atom. The lowest BCUT2D eigenvalue weighted by molar-refractivity contribution is -0.184. The molecule has 6 heteroatoms. The lowest BCUT2D eigenvalue weighted by atomic mass is 9.90. The molecule has 0 N–H and O–H groups in total. The van der Waals surface area contributed by atoms with E-state index in [1.54, 1.807) is 0 Å². The number of hydrogen-bond donors (Lipinski definition) is 0. The summed E-state index contributed by atoms with van der Waals surface area (Å²) in [7, 11) is 0. The average molecular weight is 500 g/mol. The lowest BCUT2D eigenvalue weighted by Gasteiger charge is -2.39. The number of piperazine rings is 1. The predicted molar refractivity (Wildman–Crippen MR) is 148 cm³/mol. The van der Waals surface area contributed by atoms with Gasteiger partial charge in [-0.25, -0.2) is 5.06 Å². The molecule has 3 aromatic carbocycles. The number of amides is 2. The maximum absolute atomic E-state index is 13.6. The van der Waals surface area contributed by atoms with E-state index in [4.69, 9.17) is 4.84 Å². The van der Waals surface area contributed by atoms with Crippen molar-refractivity contribution in [3.05, 3.63) is 90.5 Å². The van der Waals surface area contributed by atoms with Gasteiger partial charge in [-0.2, -0.15) is 0 Å². The van der Waals surface area contributed by atoms with Crippen LogP contribution < -0.4 is 4.90 Å². The SMILES string of the molecule is CCC(C)[C@@H](CN(C=O)OCc1ccccc1)C(=O)N1CCN(c2ccc(-c3ccccc3)cc2)CC1. The number of carbonyl (C=O) groups is 2. The molecule has 6 nitrogen and oxygen atoms in total. The zero-order valence-electron chi connectivity index (χ0n) is 21.8. The van der Waals surface area contributed by atoms with E-state index in [9.17, 15) is 9.59 Å². The molecular formula is C31H37N3O3. The Balaban J connectivity index is 1.34. The molecule has 0 bridgehead atoms. The number of anilines is 1. The fraction of sp³-hybridized carbons (Fsp3) is 0.355. The summed E-state index contributed by atoms with van der Waals surface area (Å²) in [6.07, 6.45) is 1.54. The van der Waals surface area contributed by atoms with E-state index in [1.165, 1.54) is 21.9 Å². The van der Waals surface area contributed by atoms with Gasteiger partial charge in [0.2, 0.25) is 12.3 Å². The summed E-state index contributed by atoms with van der Waals surface area (Å²) in [6.45, 7) is 7.60. The van der Waals surface area contributed by atoms with Gasteiger partial charge in [0.25, 0.3) is 0 Å². The molecule has 3 aromatic rings. The Morgan fingerprint density at radius 1 is 0.892 bits per heavy atom. The van der Waals surface area contributed by atoms with E-state index < -0.39 is 0 Å². The van der Waals surface area contributed by atoms with E-state index in [-0.39, 0.29) is 24.3 Å². The van der Waals surface area contributed by atoms with Crippen LogP contribution in [0.2, 0.25) is 0 Å². The number of benzene rings is 3. The monoisotopic (exact) mass is 499 g/mol. The molecule has 2 atom stereocenters. The van der Waals surface area contributed by atoms with E-state index in [0.29, 0.717) is 26.1 Å². The molecule has 4 rings (SSSR count). The highest BCUT2D eigenvalue weighted by Gasteiger charge is 2.32. The van der Waals surface area contributed by atoms with Gasteiger partial charge in [-0.1, -0.05) is 93.1 Å². The van der Waals surface area contributed by atoms with Crippen LogP contribution in [0, 0.1) is 11.8 Å². The smallest absolute Gasteiger partial charge is 0.233 e. The van der Waals surface area contributed by atoms with Gasteiger partial charge in [-0.15, -0.1) is 0 Å². The highest BCUT2D eigenvalue weighted by Crippen LogP contribution is 2.25. The summed E-state index contributed by atoms with van der Waals surface area (Å²) >= 11 is 0. The minimum absolute atomic E-state index is 0.101. The molecule has 0 aliphatic carbocycles. The standard InChI is InChI=1S/C31H37N3O3/c1-3-25(2)30(22-34(24-35)37-23-26-10-6-4-7-11-26)31(36)33-20-18-32(19-21-33)29-16-14-28(15-17-29)27-12-8-5-9-13-27/h4-17,24-25,30H,3,18-23H2,1-2H3/t25?,30-/m1/s1. The third-order valence-electron chi connectivity index (χ3n) is 7.31. The van der Waals surface area contributed by atoms with Crippen LogP contribution >= 0.6 is 0 Å². The van der Waals surface area contributed by atoms with Gasteiger partial charge in [0.05, 0.1) is 12.5 Å². The second-order valence-corrected chi connectivity index (χ2v) is 9.68. The second kappa shape index (κ2) is 13.1. The van der Waals surface area contributed by atoms with Crippen molar-refractivity contribution in [1.82, 2.24) is 9.96 Å². The summed E-state index contributed by atoms with van der Waals surface area (Å²) in [5.41, 5.74) is 4.56. The van der Waals surface area contributed by atoms with E-state index >= 15 is 0 Å². The van der Waals surface area contributed by atoms with Gasteiger partial charge < -0.3 is 9.80 Å². The summed E-state index contributed by atoms with van der Waals surface area (Å²) < 4.78 is 0. The minimum atomic E-state index is -0.303. The number of rotatable bonds is 11. The van der Waals surface area contributed by atoms with Crippen molar-refractivity contribution < 1.29 is 14.4 Å². The Hall–Kier alpha value is -3.64. The molecule has 1 fully saturated rings. The molecule has 1 unspecified atom stereocenters. The maximum Gasteiger partial charge on any atom is 0.233 e. The summed E-state index contributed by atoms with van der Waals surface area (Å²) in [6, 6.07) is 28.7. The molecule has 0 aromatic heterocycles. The first-order chi connectivity index (χ1) is 18.1. The van der Waals surface area contributed by atoms with Crippen LogP contribution in [0.1, 0.15) is 25.8 Å². The van der Waals surface area contributed by atoms with Gasteiger partial charge in [0, 0.05) is 31.9 Å². The molecule has 1 aliphatic heterocycles. The fourth-order valence-corrected chi connectivity index (χ4v) is 4.75. The van der Waals surface area contributed by atoms with E-state index in [2.05, 4.69) is 67.3 Å². The van der Waals surface area contributed by atoms with Gasteiger partial charge in [-0.3, -0.25) is 14.4 Å². The van der Waals surface area contributed by atoms with Crippen LogP contribution in [0.4, 0.5) is 5.69 Å². The fourth-order valence-electron chi connectivity index (χ4n) is 4.75. The van der Waals surface area contributed by atoms with E-state index in [0.717, 1.165) is 25.1 Å². The Kier molecular flexibility index (Phi) is 9.33. The summed E-state index contributed by atoms with van der Waals surface area (Å²) in [5, 5.41) is 1.28. The van der Waals surface area contributed by atoms with Crippen molar-refractivity contribution in [2.75, 3.05) is 37.6 Å². The Labute approximate surface area is 220 Å². The van der Waals surface area contributed by atoms with Crippen molar-refractivity contribution in [1.29, 1.82) is 0 Å². The molecule has 1 heterocycles. The molecule has 1 saturated heterocycles. The number of hydroxylamine groups is 2. The zero-order chi connectivity index (χ0) is 26.0. The first-order valence-corrected chi connectivity index (χ1v) is 13.2. The van der Waals surface area contributed by atoms with Crippen molar-refractivity contribution >= 4 is 18.0 Å². The third kappa shape index (κ3) is 6.98. The van der Waals surface area contributed by atoms with Crippen LogP contribution in [-0.2, 0) is 21.0 Å². The maximum atomic E-state index is 13.6. The summed E-state index contributed by atoms with van der Waals surface area (Å²) in [4.78, 5) is 35.4. The molecule has 1 aliphatic rings. The molecule has 2 amide bonds. The lowest BCUT2D eigenvalue weighted by Crippen LogP contribution is -2.52. The summed E-state index contributed by atoms with van der Waals surface area (Å²) in [5.74, 6) is -0.0647. The van der Waals surface area contributed by atoms with Crippen molar-refractivity contribution in [2.45, 2.75) is 26.9 Å². The topological polar surface area (TPSA) is 53.1 Å². The van der Waals surface area contributed by atoms with Gasteiger partial charge in [-0.05, 0) is 34.7 Å². The van der Waals surface area contributed by atoms with Crippen molar-refractivity contribution in [2.24, 2.45) is 11.8 Å². The van der Waals surface area contributed by atoms with Crippen LogP contribution in [-0.4, -0.2) is 55.0 Å². The average Bonchev–Trinajstić information content (AvgIpc) is 2.98. The van der Waals surface area contributed by atoms with E-state index in [1.807, 2.05) is 41.3 Å². The quantitative estimate of drug-likeness (QED) is 0.267. The molecule has 0 radical (unpaired) electrons. The Bertz CT molecular complexity index is 1110. The highest BCUT2D eigenvalue weighted by molar-refractivity contribution is 5.80. The zero-order valence-corrected chi connectivity index (χ0v) is 21.8. The number of carbonyl (C=O) groups excluding carboxylic acids is 2. The van der Waals surface area contributed by atoms with Crippen molar-refractivity contribution in [3.8, 4) is 11.1 Å². The van der Waals surface area contributed by atoms with Crippen LogP contribution in [0.15, 0.2) is 84.9 Å². The van der Waals surface area contributed by atoms with Crippen molar-refractivity contribution in [3.63, 3.8) is 0 Å². The molecule has 37 heavy (non-hydrogen) atoms. The highest BCUT2D eigenvalue weighted by atomic mass is 16.7. The molecule has 0 saturated carbocycles. The van der Waals surface area contributed by atoms with Gasteiger partial charge in [0.1, 0.15) is 6.61 Å². The second-order valence-electron chi connectivity index (χ2n) is 9.68. The predicted octanol–water partition coefficient (Wildman–Crippen LogP) is 5.25. The normalized spacial score (nSPS) is 15.2. The van der Waals surface area contributed by atoms with Gasteiger partial charge in [0.15, 0.2) is 0 Å². The largest absolute Gasteiger partial charge is 0.368 e. The number of hydrogen-bond acceptors (Lipinski definition) is 4. The third-order valence-corrected chi connectivity index (χ3v) is 7.31. The van der Waals surface area contributed by atoms with Crippen LogP contribution in [0.5, 0.6) is 0 Å². The first-order valence-electron chi connectivity index (χ1n) is 13.2. The molecule has 194 valence electrons. The Morgan fingerprint density at radius 2 is 1.49 bits per heavy atom.